The molecule has 1 atom stereocenters. The Kier molecular flexibility index (Phi) is 9.69. The molecule has 2 heterocycles. The van der Waals surface area contributed by atoms with Gasteiger partial charge in [-0.25, -0.2) is 4.68 Å². The Balaban J connectivity index is 1.45. The number of benzene rings is 3. The van der Waals surface area contributed by atoms with Crippen LogP contribution >= 0.6 is 11.8 Å². The molecule has 0 fully saturated rings. The first-order chi connectivity index (χ1) is 21.3. The number of thioether (sulfide) groups is 1. The number of fused-ring (bicyclic) bond motifs is 1. The summed E-state index contributed by atoms with van der Waals surface area (Å²) in [5, 5.41) is 11.9. The zero-order chi connectivity index (χ0) is 31.2. The number of carbonyl (C=O) groups excluding carboxylic acids is 2. The number of amides is 2. The fraction of sp³-hybridized carbons (Fsp3) is 0.294. The lowest BCUT2D eigenvalue weighted by Gasteiger charge is -2.29. The lowest BCUT2D eigenvalue weighted by molar-refractivity contribution is -0.133. The number of aryl methyl sites for hydroxylation is 1. The molecule has 1 aromatic heterocycles. The van der Waals surface area contributed by atoms with Gasteiger partial charge in [0.05, 0.1) is 5.57 Å². The summed E-state index contributed by atoms with van der Waals surface area (Å²) in [5.74, 6) is 1.58. The molecule has 1 aliphatic rings. The van der Waals surface area contributed by atoms with E-state index in [1.165, 1.54) is 5.56 Å². The molecule has 0 bridgehead atoms. The molecule has 2 amide bonds. The number of aromatic nitrogens is 3. The minimum atomic E-state index is -0.540. The second-order valence-electron chi connectivity index (χ2n) is 10.6. The van der Waals surface area contributed by atoms with Crippen molar-refractivity contribution in [2.24, 2.45) is 0 Å². The van der Waals surface area contributed by atoms with E-state index < -0.39 is 6.04 Å². The second-order valence-corrected chi connectivity index (χ2v) is 11.6. The van der Waals surface area contributed by atoms with Gasteiger partial charge in [-0.1, -0.05) is 66.4 Å². The van der Waals surface area contributed by atoms with Crippen molar-refractivity contribution in [2.45, 2.75) is 51.6 Å². The molecule has 1 unspecified atom stereocenters. The summed E-state index contributed by atoms with van der Waals surface area (Å²) in [6.45, 7) is 11.0. The summed E-state index contributed by atoms with van der Waals surface area (Å²) in [5.41, 5.74) is 6.12. The first-order valence-corrected chi connectivity index (χ1v) is 15.8. The van der Waals surface area contributed by atoms with Gasteiger partial charge in [0.25, 0.3) is 11.8 Å². The van der Waals surface area contributed by atoms with E-state index in [9.17, 15) is 9.59 Å². The number of hydrogen-bond acceptors (Lipinski definition) is 7. The van der Waals surface area contributed by atoms with Crippen LogP contribution in [0.25, 0.3) is 0 Å². The van der Waals surface area contributed by atoms with Crippen LogP contribution in [0.2, 0.25) is 0 Å². The summed E-state index contributed by atoms with van der Waals surface area (Å²) in [4.78, 5) is 32.9. The fourth-order valence-corrected chi connectivity index (χ4v) is 5.94. The first kappa shape index (κ1) is 30.9. The minimum Gasteiger partial charge on any atom is -0.484 e. The number of carbonyl (C=O) groups is 2. The number of hydrogen-bond donors (Lipinski definition) is 2. The molecule has 0 radical (unpaired) electrons. The Hall–Kier alpha value is -4.57. The number of ether oxygens (including phenoxy) is 1. The molecule has 9 nitrogen and oxygen atoms in total. The Morgan fingerprint density at radius 1 is 0.977 bits per heavy atom. The summed E-state index contributed by atoms with van der Waals surface area (Å²) in [6.07, 6.45) is 0. The average molecular weight is 611 g/mol. The van der Waals surface area contributed by atoms with Crippen molar-refractivity contribution in [3.63, 3.8) is 0 Å². The van der Waals surface area contributed by atoms with Gasteiger partial charge in [0, 0.05) is 30.2 Å². The van der Waals surface area contributed by atoms with Gasteiger partial charge in [-0.2, -0.15) is 4.98 Å². The fourth-order valence-electron chi connectivity index (χ4n) is 5.15. The van der Waals surface area contributed by atoms with Crippen LogP contribution in [0, 0.1) is 13.8 Å². The lowest BCUT2D eigenvalue weighted by Crippen LogP contribution is -2.34. The number of anilines is 2. The first-order valence-electron chi connectivity index (χ1n) is 14.8. The number of nitrogens with zero attached hydrogens (tertiary/aromatic N) is 4. The summed E-state index contributed by atoms with van der Waals surface area (Å²) in [6, 6.07) is 23.0. The molecule has 0 saturated heterocycles. The third kappa shape index (κ3) is 6.81. The molecule has 0 saturated carbocycles. The largest absolute Gasteiger partial charge is 0.484 e. The highest BCUT2D eigenvalue weighted by Crippen LogP contribution is 2.38. The minimum absolute atomic E-state index is 0.0356. The monoisotopic (exact) mass is 610 g/mol. The zero-order valence-corrected chi connectivity index (χ0v) is 26.6. The third-order valence-electron chi connectivity index (χ3n) is 7.82. The molecule has 0 spiro atoms. The van der Waals surface area contributed by atoms with Crippen LogP contribution in [-0.2, 0) is 15.3 Å². The van der Waals surface area contributed by atoms with Crippen LogP contribution in [0.1, 0.15) is 49.1 Å². The van der Waals surface area contributed by atoms with E-state index in [4.69, 9.17) is 14.8 Å². The van der Waals surface area contributed by atoms with Gasteiger partial charge < -0.3 is 20.3 Å². The molecule has 228 valence electrons. The van der Waals surface area contributed by atoms with Crippen LogP contribution in [0.5, 0.6) is 5.75 Å². The summed E-state index contributed by atoms with van der Waals surface area (Å²) >= 11 is 1.54. The molecule has 5 rings (SSSR count). The van der Waals surface area contributed by atoms with E-state index in [-0.39, 0.29) is 18.4 Å². The predicted molar refractivity (Wildman–Crippen MR) is 175 cm³/mol. The van der Waals surface area contributed by atoms with Crippen molar-refractivity contribution in [1.82, 2.24) is 19.7 Å². The number of likely N-dealkylation sites (N-methyl/N-ethyl adjacent to an activating group) is 1. The van der Waals surface area contributed by atoms with Gasteiger partial charge in [-0.15, -0.1) is 5.10 Å². The highest BCUT2D eigenvalue weighted by Gasteiger charge is 2.34. The second kappa shape index (κ2) is 13.8. The third-order valence-corrected chi connectivity index (χ3v) is 8.72. The van der Waals surface area contributed by atoms with Crippen LogP contribution in [0.4, 0.5) is 11.6 Å². The zero-order valence-electron chi connectivity index (χ0n) is 25.8. The molecule has 0 aliphatic carbocycles. The van der Waals surface area contributed by atoms with E-state index in [1.807, 2.05) is 95.3 Å². The quantitative estimate of drug-likeness (QED) is 0.191. The molecule has 1 aliphatic heterocycles. The van der Waals surface area contributed by atoms with Crippen molar-refractivity contribution in [3.8, 4) is 5.75 Å². The van der Waals surface area contributed by atoms with Crippen LogP contribution < -0.4 is 15.4 Å². The van der Waals surface area contributed by atoms with E-state index in [2.05, 4.69) is 22.8 Å². The topological polar surface area (TPSA) is 101 Å². The SMILES string of the molecule is CCN(CC)C(=O)COc1ccc(C2C(C(=O)Nc3cccc(C)c3C)=C(C)Nc3nc(SCc4ccccc4)nn32)cc1. The molecule has 10 heteroatoms. The maximum Gasteiger partial charge on any atom is 0.260 e. The van der Waals surface area contributed by atoms with Gasteiger partial charge in [0.1, 0.15) is 11.8 Å². The maximum atomic E-state index is 14.0. The van der Waals surface area contributed by atoms with Gasteiger partial charge in [0.15, 0.2) is 6.61 Å². The van der Waals surface area contributed by atoms with Gasteiger partial charge in [-0.05, 0) is 75.1 Å². The van der Waals surface area contributed by atoms with Gasteiger partial charge >= 0.3 is 0 Å². The van der Waals surface area contributed by atoms with Crippen LogP contribution in [0.3, 0.4) is 0 Å². The average Bonchev–Trinajstić information content (AvgIpc) is 3.44. The van der Waals surface area contributed by atoms with E-state index in [1.54, 1.807) is 21.3 Å². The molecule has 4 aromatic rings. The van der Waals surface area contributed by atoms with E-state index in [0.717, 1.165) is 28.1 Å². The standard InChI is InChI=1S/C34H38N6O3S/c1-6-39(7-2)29(41)20-43-27-18-16-26(17-19-27)31-30(32(42)36-28-15-11-12-22(3)23(28)4)24(5)35-33-37-34(38-40(31)33)44-21-25-13-9-8-10-14-25/h8-19,31H,6-7,20-21H2,1-5H3,(H,36,42)(H,35,37,38). The Morgan fingerprint density at radius 2 is 1.70 bits per heavy atom. The predicted octanol–water partition coefficient (Wildman–Crippen LogP) is 6.36. The van der Waals surface area contributed by atoms with Crippen molar-refractivity contribution < 1.29 is 14.3 Å². The van der Waals surface area contributed by atoms with Crippen molar-refractivity contribution >= 4 is 35.2 Å². The Bertz CT molecular complexity index is 1660. The molecular formula is C34H38N6O3S. The van der Waals surface area contributed by atoms with Crippen molar-refractivity contribution in [1.29, 1.82) is 0 Å². The summed E-state index contributed by atoms with van der Waals surface area (Å²) in [7, 11) is 0. The van der Waals surface area contributed by atoms with Crippen molar-refractivity contribution in [3.05, 3.63) is 106 Å². The lowest BCUT2D eigenvalue weighted by atomic mass is 9.94. The molecule has 2 N–H and O–H groups in total. The number of rotatable bonds is 11. The maximum absolute atomic E-state index is 14.0. The van der Waals surface area contributed by atoms with Crippen molar-refractivity contribution in [2.75, 3.05) is 30.3 Å². The summed E-state index contributed by atoms with van der Waals surface area (Å²) < 4.78 is 7.58. The highest BCUT2D eigenvalue weighted by atomic mass is 32.2. The molecule has 3 aromatic carbocycles. The smallest absolute Gasteiger partial charge is 0.260 e. The Morgan fingerprint density at radius 3 is 2.41 bits per heavy atom. The van der Waals surface area contributed by atoms with Crippen LogP contribution in [0.15, 0.2) is 89.2 Å². The van der Waals surface area contributed by atoms with Crippen LogP contribution in [-0.4, -0.2) is 51.2 Å². The molecular weight excluding hydrogens is 572 g/mol. The van der Waals surface area contributed by atoms with Gasteiger partial charge in [-0.3, -0.25) is 9.59 Å². The normalized spacial score (nSPS) is 14.1. The van der Waals surface area contributed by atoms with E-state index >= 15 is 0 Å². The van der Waals surface area contributed by atoms with Gasteiger partial charge in [0.2, 0.25) is 11.1 Å². The number of nitrogens with one attached hydrogen (secondary N) is 2. The van der Waals surface area contributed by atoms with E-state index in [0.29, 0.717) is 41.2 Å². The molecule has 44 heavy (non-hydrogen) atoms. The number of allylic oxidation sites excluding steroid dienone is 1. The Labute approximate surface area is 262 Å². The highest BCUT2D eigenvalue weighted by molar-refractivity contribution is 7.98.